The zero-order valence-electron chi connectivity index (χ0n) is 7.86. The molecule has 1 aromatic rings. The van der Waals surface area contributed by atoms with Crippen molar-refractivity contribution in [1.29, 1.82) is 0 Å². The Balaban J connectivity index is 2.62. The van der Waals surface area contributed by atoms with Crippen LogP contribution in [0.25, 0.3) is 0 Å². The van der Waals surface area contributed by atoms with Crippen LogP contribution in [0.1, 0.15) is 12.0 Å². The van der Waals surface area contributed by atoms with Crippen molar-refractivity contribution >= 4 is 11.6 Å². The third-order valence-electron chi connectivity index (χ3n) is 1.76. The molecule has 1 rings (SSSR count). The van der Waals surface area contributed by atoms with Gasteiger partial charge in [0.05, 0.1) is 6.61 Å². The van der Waals surface area contributed by atoms with Crippen molar-refractivity contribution in [3.05, 3.63) is 29.8 Å². The lowest BCUT2D eigenvalue weighted by Gasteiger charge is -2.05. The SMILES string of the molecule is NCCC(=O)Nc1cccc(CO)c1. The van der Waals surface area contributed by atoms with Crippen molar-refractivity contribution in [1.82, 2.24) is 0 Å². The molecule has 0 spiro atoms. The number of hydrogen-bond acceptors (Lipinski definition) is 3. The van der Waals surface area contributed by atoms with Crippen molar-refractivity contribution in [2.45, 2.75) is 13.0 Å². The Morgan fingerprint density at radius 1 is 1.50 bits per heavy atom. The lowest BCUT2D eigenvalue weighted by atomic mass is 10.2. The van der Waals surface area contributed by atoms with Crippen molar-refractivity contribution in [2.75, 3.05) is 11.9 Å². The molecule has 0 aliphatic rings. The molecule has 76 valence electrons. The summed E-state index contributed by atoms with van der Waals surface area (Å²) < 4.78 is 0. The van der Waals surface area contributed by atoms with Gasteiger partial charge in [0.2, 0.25) is 5.91 Å². The smallest absolute Gasteiger partial charge is 0.225 e. The molecule has 4 nitrogen and oxygen atoms in total. The Labute approximate surface area is 82.7 Å². The fourth-order valence-corrected chi connectivity index (χ4v) is 1.10. The normalized spacial score (nSPS) is 9.86. The molecule has 1 amide bonds. The first-order valence-electron chi connectivity index (χ1n) is 4.46. The van der Waals surface area contributed by atoms with Crippen molar-refractivity contribution in [3.8, 4) is 0 Å². The van der Waals surface area contributed by atoms with Crippen LogP contribution in [0, 0.1) is 0 Å². The van der Waals surface area contributed by atoms with Crippen LogP contribution in [0.5, 0.6) is 0 Å². The van der Waals surface area contributed by atoms with E-state index in [0.717, 1.165) is 5.56 Å². The van der Waals surface area contributed by atoms with E-state index in [-0.39, 0.29) is 12.5 Å². The van der Waals surface area contributed by atoms with E-state index in [1.807, 2.05) is 0 Å². The van der Waals surface area contributed by atoms with Crippen LogP contribution in [0.4, 0.5) is 5.69 Å². The topological polar surface area (TPSA) is 75.4 Å². The van der Waals surface area contributed by atoms with Gasteiger partial charge in [-0.05, 0) is 17.7 Å². The van der Waals surface area contributed by atoms with E-state index in [4.69, 9.17) is 10.8 Å². The highest BCUT2D eigenvalue weighted by atomic mass is 16.3. The van der Waals surface area contributed by atoms with Gasteiger partial charge < -0.3 is 16.2 Å². The molecule has 0 unspecified atom stereocenters. The van der Waals surface area contributed by atoms with Crippen LogP contribution < -0.4 is 11.1 Å². The fraction of sp³-hybridized carbons (Fsp3) is 0.300. The van der Waals surface area contributed by atoms with E-state index in [2.05, 4.69) is 5.32 Å². The van der Waals surface area contributed by atoms with Gasteiger partial charge in [0.15, 0.2) is 0 Å². The molecule has 0 aliphatic heterocycles. The highest BCUT2D eigenvalue weighted by Gasteiger charge is 2.00. The lowest BCUT2D eigenvalue weighted by Crippen LogP contribution is -2.16. The minimum Gasteiger partial charge on any atom is -0.392 e. The summed E-state index contributed by atoms with van der Waals surface area (Å²) in [6, 6.07) is 7.07. The highest BCUT2D eigenvalue weighted by molar-refractivity contribution is 5.90. The first kappa shape index (κ1) is 10.7. The van der Waals surface area contributed by atoms with Gasteiger partial charge in [0.25, 0.3) is 0 Å². The van der Waals surface area contributed by atoms with E-state index in [1.165, 1.54) is 0 Å². The Kier molecular flexibility index (Phi) is 4.10. The average molecular weight is 194 g/mol. The number of amides is 1. The van der Waals surface area contributed by atoms with E-state index in [1.54, 1.807) is 24.3 Å². The summed E-state index contributed by atoms with van der Waals surface area (Å²) in [5.74, 6) is -0.109. The van der Waals surface area contributed by atoms with Gasteiger partial charge in [-0.2, -0.15) is 0 Å². The van der Waals surface area contributed by atoms with E-state index in [9.17, 15) is 4.79 Å². The van der Waals surface area contributed by atoms with Gasteiger partial charge in [-0.25, -0.2) is 0 Å². The molecule has 0 saturated carbocycles. The van der Waals surface area contributed by atoms with E-state index >= 15 is 0 Å². The molecule has 4 heteroatoms. The predicted molar refractivity (Wildman–Crippen MR) is 54.7 cm³/mol. The molecule has 0 atom stereocenters. The summed E-state index contributed by atoms with van der Waals surface area (Å²) in [5.41, 5.74) is 6.70. The summed E-state index contributed by atoms with van der Waals surface area (Å²) in [6.45, 7) is 0.312. The van der Waals surface area contributed by atoms with Gasteiger partial charge in [-0.15, -0.1) is 0 Å². The number of anilines is 1. The standard InChI is InChI=1S/C10H14N2O2/c11-5-4-10(14)12-9-3-1-2-8(6-9)7-13/h1-3,6,13H,4-5,7,11H2,(H,12,14). The molecular weight excluding hydrogens is 180 g/mol. The molecule has 0 aliphatic carbocycles. The van der Waals surface area contributed by atoms with Crippen molar-refractivity contribution < 1.29 is 9.90 Å². The summed E-state index contributed by atoms with van der Waals surface area (Å²) >= 11 is 0. The van der Waals surface area contributed by atoms with Crippen LogP contribution in [0.15, 0.2) is 24.3 Å². The third kappa shape index (κ3) is 3.16. The number of nitrogens with one attached hydrogen (secondary N) is 1. The van der Waals surface area contributed by atoms with Gasteiger partial charge >= 0.3 is 0 Å². The maximum absolute atomic E-state index is 11.2. The number of rotatable bonds is 4. The molecule has 0 radical (unpaired) electrons. The third-order valence-corrected chi connectivity index (χ3v) is 1.76. The zero-order valence-corrected chi connectivity index (χ0v) is 7.86. The fourth-order valence-electron chi connectivity index (χ4n) is 1.10. The minimum atomic E-state index is -0.109. The number of aliphatic hydroxyl groups excluding tert-OH is 1. The molecule has 4 N–H and O–H groups in total. The number of nitrogens with two attached hydrogens (primary N) is 1. The molecular formula is C10H14N2O2. The number of carbonyl (C=O) groups excluding carboxylic acids is 1. The quantitative estimate of drug-likeness (QED) is 0.652. The molecule has 14 heavy (non-hydrogen) atoms. The minimum absolute atomic E-state index is 0.0272. The zero-order chi connectivity index (χ0) is 10.4. The monoisotopic (exact) mass is 194 g/mol. The maximum atomic E-state index is 11.2. The highest BCUT2D eigenvalue weighted by Crippen LogP contribution is 2.10. The number of benzene rings is 1. The number of aliphatic hydroxyl groups is 1. The van der Waals surface area contributed by atoms with E-state index in [0.29, 0.717) is 18.7 Å². The number of hydrogen-bond donors (Lipinski definition) is 3. The van der Waals surface area contributed by atoms with Crippen LogP contribution in [0.2, 0.25) is 0 Å². The van der Waals surface area contributed by atoms with E-state index < -0.39 is 0 Å². The van der Waals surface area contributed by atoms with Gasteiger partial charge in [0, 0.05) is 18.7 Å². The first-order valence-corrected chi connectivity index (χ1v) is 4.46. The molecule has 0 bridgehead atoms. The summed E-state index contributed by atoms with van der Waals surface area (Å²) in [7, 11) is 0. The summed E-state index contributed by atoms with van der Waals surface area (Å²) in [4.78, 5) is 11.2. The molecule has 0 saturated heterocycles. The Morgan fingerprint density at radius 2 is 2.29 bits per heavy atom. The first-order chi connectivity index (χ1) is 6.76. The Hall–Kier alpha value is -1.39. The largest absolute Gasteiger partial charge is 0.392 e. The second kappa shape index (κ2) is 5.36. The van der Waals surface area contributed by atoms with Crippen molar-refractivity contribution in [3.63, 3.8) is 0 Å². The predicted octanol–water partition coefficient (Wildman–Crippen LogP) is 0.466. The lowest BCUT2D eigenvalue weighted by molar-refractivity contribution is -0.116. The Bertz CT molecular complexity index is 313. The summed E-state index contributed by atoms with van der Waals surface area (Å²) in [6.07, 6.45) is 0.309. The van der Waals surface area contributed by atoms with Gasteiger partial charge in [-0.1, -0.05) is 12.1 Å². The molecule has 1 aromatic carbocycles. The van der Waals surface area contributed by atoms with Gasteiger partial charge in [0.1, 0.15) is 0 Å². The second-order valence-electron chi connectivity index (χ2n) is 2.95. The summed E-state index contributed by atoms with van der Waals surface area (Å²) in [5, 5.41) is 11.6. The van der Waals surface area contributed by atoms with Crippen LogP contribution in [-0.2, 0) is 11.4 Å². The maximum Gasteiger partial charge on any atom is 0.225 e. The second-order valence-corrected chi connectivity index (χ2v) is 2.95. The molecule has 0 fully saturated rings. The average Bonchev–Trinajstić information content (AvgIpc) is 2.18. The van der Waals surface area contributed by atoms with Crippen molar-refractivity contribution in [2.24, 2.45) is 5.73 Å². The van der Waals surface area contributed by atoms with Gasteiger partial charge in [-0.3, -0.25) is 4.79 Å². The molecule has 0 heterocycles. The van der Waals surface area contributed by atoms with Crippen LogP contribution in [-0.4, -0.2) is 17.6 Å². The molecule has 0 aromatic heterocycles. The van der Waals surface area contributed by atoms with Crippen LogP contribution >= 0.6 is 0 Å². The number of carbonyl (C=O) groups is 1. The Morgan fingerprint density at radius 3 is 2.93 bits per heavy atom. The van der Waals surface area contributed by atoms with Crippen LogP contribution in [0.3, 0.4) is 0 Å².